The van der Waals surface area contributed by atoms with Crippen LogP contribution < -0.4 is 24.2 Å². The SMILES string of the molecule is CCn1c(=O)/c(=C2\Sc3cc(Cl)ccc3N2C)s/c1=C\c1scc[n+]1Cc1nc(C)sc1C. The van der Waals surface area contributed by atoms with Gasteiger partial charge in [0, 0.05) is 28.4 Å². The number of nitrogens with zero attached hydrogens (tertiary/aromatic N) is 4. The van der Waals surface area contributed by atoms with Crippen LogP contribution in [0.2, 0.25) is 5.02 Å². The fourth-order valence-electron chi connectivity index (χ4n) is 3.84. The summed E-state index contributed by atoms with van der Waals surface area (Å²) in [4.78, 5) is 22.5. The quantitative estimate of drug-likeness (QED) is 0.369. The van der Waals surface area contributed by atoms with E-state index in [1.54, 1.807) is 45.8 Å². The van der Waals surface area contributed by atoms with E-state index in [1.165, 1.54) is 4.88 Å². The first kappa shape index (κ1) is 22.9. The largest absolute Gasteiger partial charge is 0.337 e. The molecular formula is C23H22ClN4OS4+. The van der Waals surface area contributed by atoms with Crippen molar-refractivity contribution in [1.82, 2.24) is 9.55 Å². The highest BCUT2D eigenvalue weighted by Crippen LogP contribution is 2.46. The van der Waals surface area contributed by atoms with Crippen molar-refractivity contribution in [3.05, 3.63) is 74.9 Å². The molecule has 1 aromatic carbocycles. The summed E-state index contributed by atoms with van der Waals surface area (Å²) in [6.07, 6.45) is 4.21. The van der Waals surface area contributed by atoms with Crippen LogP contribution in [-0.2, 0) is 13.1 Å². The van der Waals surface area contributed by atoms with Crippen LogP contribution in [0.3, 0.4) is 0 Å². The van der Waals surface area contributed by atoms with Gasteiger partial charge in [0.25, 0.3) is 10.6 Å². The monoisotopic (exact) mass is 533 g/mol. The normalized spacial score (nSPS) is 15.5. The molecule has 0 N–H and O–H groups in total. The number of thioether (sulfide) groups is 1. The van der Waals surface area contributed by atoms with Gasteiger partial charge in [0.2, 0.25) is 0 Å². The molecule has 0 saturated carbocycles. The summed E-state index contributed by atoms with van der Waals surface area (Å²) < 4.78 is 5.78. The first-order chi connectivity index (χ1) is 15.9. The molecular weight excluding hydrogens is 512 g/mol. The molecule has 0 unspecified atom stereocenters. The zero-order valence-electron chi connectivity index (χ0n) is 18.6. The summed E-state index contributed by atoms with van der Waals surface area (Å²) in [6, 6.07) is 5.85. The van der Waals surface area contributed by atoms with Gasteiger partial charge < -0.3 is 4.90 Å². The molecule has 0 amide bonds. The molecule has 4 aromatic rings. The predicted octanol–water partition coefficient (Wildman–Crippen LogP) is 4.19. The first-order valence-corrected chi connectivity index (χ1v) is 14.1. The van der Waals surface area contributed by atoms with Gasteiger partial charge in [0.1, 0.15) is 19.9 Å². The van der Waals surface area contributed by atoms with Gasteiger partial charge in [-0.15, -0.1) is 22.7 Å². The van der Waals surface area contributed by atoms with Crippen molar-refractivity contribution in [2.75, 3.05) is 11.9 Å². The Hall–Kier alpha value is -1.91. The highest BCUT2D eigenvalue weighted by molar-refractivity contribution is 8.08. The topological polar surface area (TPSA) is 42.0 Å². The van der Waals surface area contributed by atoms with Crippen LogP contribution in [0, 0.1) is 13.8 Å². The predicted molar refractivity (Wildman–Crippen MR) is 141 cm³/mol. The molecule has 1 aliphatic heterocycles. The van der Waals surface area contributed by atoms with Gasteiger partial charge in [-0.3, -0.25) is 9.36 Å². The second kappa shape index (κ2) is 9.03. The minimum Gasteiger partial charge on any atom is -0.337 e. The van der Waals surface area contributed by atoms with Crippen LogP contribution in [0.25, 0.3) is 11.1 Å². The van der Waals surface area contributed by atoms with Gasteiger partial charge in [-0.25, -0.2) is 4.98 Å². The van der Waals surface area contributed by atoms with E-state index >= 15 is 0 Å². The summed E-state index contributed by atoms with van der Waals surface area (Å²) >= 11 is 12.8. The molecule has 1 aliphatic rings. The number of anilines is 1. The number of aromatic nitrogens is 3. The number of rotatable bonds is 4. The molecule has 33 heavy (non-hydrogen) atoms. The number of hydrogen-bond acceptors (Lipinski definition) is 7. The second-order valence-electron chi connectivity index (χ2n) is 7.65. The number of fused-ring (bicyclic) bond motifs is 1. The Morgan fingerprint density at radius 3 is 2.79 bits per heavy atom. The molecule has 0 radical (unpaired) electrons. The van der Waals surface area contributed by atoms with Gasteiger partial charge in [0.05, 0.1) is 22.2 Å². The van der Waals surface area contributed by atoms with E-state index in [-0.39, 0.29) is 5.56 Å². The third-order valence-electron chi connectivity index (χ3n) is 5.50. The van der Waals surface area contributed by atoms with E-state index in [1.807, 2.05) is 43.7 Å². The van der Waals surface area contributed by atoms with E-state index in [0.717, 1.165) is 47.1 Å². The number of benzene rings is 1. The van der Waals surface area contributed by atoms with Crippen LogP contribution in [-0.4, -0.2) is 16.6 Å². The Balaban J connectivity index is 1.61. The van der Waals surface area contributed by atoms with Crippen molar-refractivity contribution in [2.24, 2.45) is 0 Å². The highest BCUT2D eigenvalue weighted by atomic mass is 35.5. The number of thiazole rings is 3. The summed E-state index contributed by atoms with van der Waals surface area (Å²) in [5.41, 5.74) is 2.23. The van der Waals surface area contributed by atoms with E-state index in [4.69, 9.17) is 11.6 Å². The molecule has 0 atom stereocenters. The molecule has 0 fully saturated rings. The number of hydrogen-bond donors (Lipinski definition) is 0. The lowest BCUT2D eigenvalue weighted by molar-refractivity contribution is -0.685. The van der Waals surface area contributed by atoms with Crippen molar-refractivity contribution in [1.29, 1.82) is 0 Å². The van der Waals surface area contributed by atoms with Gasteiger partial charge in [0.15, 0.2) is 12.7 Å². The second-order valence-corrected chi connectivity index (χ2v) is 12.5. The average molecular weight is 534 g/mol. The van der Waals surface area contributed by atoms with E-state index in [0.29, 0.717) is 11.6 Å². The van der Waals surface area contributed by atoms with Crippen molar-refractivity contribution < 1.29 is 4.57 Å². The Morgan fingerprint density at radius 2 is 2.06 bits per heavy atom. The van der Waals surface area contributed by atoms with Gasteiger partial charge in [-0.1, -0.05) is 34.7 Å². The molecule has 0 bridgehead atoms. The third-order valence-corrected chi connectivity index (χ3v) is 9.98. The van der Waals surface area contributed by atoms with Crippen LogP contribution in [0.1, 0.15) is 27.5 Å². The average Bonchev–Trinajstić information content (AvgIpc) is 3.50. The van der Waals surface area contributed by atoms with Gasteiger partial charge in [-0.05, 0) is 39.0 Å². The minimum absolute atomic E-state index is 0.0519. The molecule has 0 aliphatic carbocycles. The molecule has 0 saturated heterocycles. The molecule has 3 aromatic heterocycles. The molecule has 0 spiro atoms. The fraction of sp³-hybridized carbons (Fsp3) is 0.261. The maximum Gasteiger partial charge on any atom is 0.271 e. The summed E-state index contributed by atoms with van der Waals surface area (Å²) in [5.74, 6) is 0. The summed E-state index contributed by atoms with van der Waals surface area (Å²) in [6.45, 7) is 7.53. The maximum absolute atomic E-state index is 13.4. The lowest BCUT2D eigenvalue weighted by Gasteiger charge is -2.12. The Bertz CT molecular complexity index is 1550. The van der Waals surface area contributed by atoms with Crippen molar-refractivity contribution in [3.8, 4) is 0 Å². The maximum atomic E-state index is 13.4. The number of aryl methyl sites for hydroxylation is 2. The third kappa shape index (κ3) is 4.21. The van der Waals surface area contributed by atoms with E-state index in [2.05, 4.69) is 39.0 Å². The number of halogens is 1. The Kier molecular flexibility index (Phi) is 6.26. The summed E-state index contributed by atoms with van der Waals surface area (Å²) in [5, 5.41) is 5.93. The highest BCUT2D eigenvalue weighted by Gasteiger charge is 2.25. The standard InChI is InChI=1S/C23H22ClN4OS4/c1-5-28-20(11-19-27(8-9-30-19)12-16-13(2)31-14(3)25-16)33-21(22(28)29)23-26(4)17-7-6-15(24)10-18(17)32-23/h6-11H,5,12H2,1-4H3/q+1/b23-21+. The van der Waals surface area contributed by atoms with Gasteiger partial charge >= 0.3 is 0 Å². The molecule has 4 heterocycles. The molecule has 170 valence electrons. The van der Waals surface area contributed by atoms with E-state index in [9.17, 15) is 4.79 Å². The van der Waals surface area contributed by atoms with Gasteiger partial charge in [-0.2, -0.15) is 4.57 Å². The van der Waals surface area contributed by atoms with Crippen molar-refractivity contribution in [3.63, 3.8) is 0 Å². The summed E-state index contributed by atoms with van der Waals surface area (Å²) in [7, 11) is 2.01. The first-order valence-electron chi connectivity index (χ1n) is 10.4. The molecule has 5 rings (SSSR count). The van der Waals surface area contributed by atoms with Crippen molar-refractivity contribution >= 4 is 74.2 Å². The lowest BCUT2D eigenvalue weighted by atomic mass is 10.3. The molecule has 10 heteroatoms. The minimum atomic E-state index is 0.0519. The van der Waals surface area contributed by atoms with Crippen LogP contribution in [0.5, 0.6) is 0 Å². The van der Waals surface area contributed by atoms with Crippen LogP contribution >= 0.6 is 57.4 Å². The van der Waals surface area contributed by atoms with Crippen LogP contribution in [0.15, 0.2) is 39.5 Å². The Morgan fingerprint density at radius 1 is 1.24 bits per heavy atom. The van der Waals surface area contributed by atoms with Crippen molar-refractivity contribution in [2.45, 2.75) is 38.8 Å². The molecule has 5 nitrogen and oxygen atoms in total. The smallest absolute Gasteiger partial charge is 0.271 e. The fourth-order valence-corrected chi connectivity index (χ4v) is 8.26. The van der Waals surface area contributed by atoms with Crippen LogP contribution in [0.4, 0.5) is 5.69 Å². The zero-order chi connectivity index (χ0) is 23.3. The van der Waals surface area contributed by atoms with E-state index < -0.39 is 0 Å². The Labute approximate surface area is 212 Å². The zero-order valence-corrected chi connectivity index (χ0v) is 22.6. The lowest BCUT2D eigenvalue weighted by Crippen LogP contribution is -2.36.